The lowest BCUT2D eigenvalue weighted by Gasteiger charge is -2.19. The predicted molar refractivity (Wildman–Crippen MR) is 62.9 cm³/mol. The van der Waals surface area contributed by atoms with E-state index in [0.717, 1.165) is 12.3 Å². The second-order valence-electron chi connectivity index (χ2n) is 3.47. The summed E-state index contributed by atoms with van der Waals surface area (Å²) in [5.41, 5.74) is 0. The molecule has 1 saturated heterocycles. The van der Waals surface area contributed by atoms with Crippen molar-refractivity contribution in [1.82, 2.24) is 9.79 Å². The average molecular weight is 224 g/mol. The van der Waals surface area contributed by atoms with E-state index in [2.05, 4.69) is 4.98 Å². The molecule has 1 aromatic heterocycles. The molecule has 1 unspecified atom stereocenters. The van der Waals surface area contributed by atoms with E-state index in [4.69, 9.17) is 7.98 Å². The summed E-state index contributed by atoms with van der Waals surface area (Å²) < 4.78 is 1.17. The van der Waals surface area contributed by atoms with Crippen LogP contribution in [0.2, 0.25) is 0 Å². The molecule has 1 aromatic rings. The van der Waals surface area contributed by atoms with Crippen LogP contribution in [0.1, 0.15) is 19.3 Å². The maximum absolute atomic E-state index is 5.85. The van der Waals surface area contributed by atoms with Crippen LogP contribution in [0, 0.1) is 0 Å². The van der Waals surface area contributed by atoms with Crippen LogP contribution in [-0.2, 0) is 0 Å². The molecule has 1 fully saturated rings. The van der Waals surface area contributed by atoms with Crippen LogP contribution < -0.4 is 0 Å². The van der Waals surface area contributed by atoms with Gasteiger partial charge in [0, 0.05) is 17.3 Å². The summed E-state index contributed by atoms with van der Waals surface area (Å²) >= 11 is 3.55. The summed E-state index contributed by atoms with van der Waals surface area (Å²) in [5.74, 6) is 1.13. The van der Waals surface area contributed by atoms with Gasteiger partial charge >= 0.3 is 0 Å². The fraction of sp³-hybridized carbons (Fsp3) is 0.667. The predicted octanol–water partition coefficient (Wildman–Crippen LogP) is 2.17. The summed E-state index contributed by atoms with van der Waals surface area (Å²) in [6.07, 6.45) is 5.55. The molecular weight excluding hydrogens is 211 g/mol. The molecule has 0 aliphatic carbocycles. The van der Waals surface area contributed by atoms with Gasteiger partial charge in [0.15, 0.2) is 7.98 Å². The van der Waals surface area contributed by atoms with Crippen molar-refractivity contribution >= 4 is 31.1 Å². The fourth-order valence-corrected chi connectivity index (χ4v) is 3.48. The quantitative estimate of drug-likeness (QED) is 0.576. The number of rotatable bonds is 4. The average Bonchev–Trinajstić information content (AvgIpc) is 2.78. The fourth-order valence-electron chi connectivity index (χ4n) is 1.73. The van der Waals surface area contributed by atoms with Crippen LogP contribution in [0.4, 0.5) is 0 Å². The van der Waals surface area contributed by atoms with Gasteiger partial charge in [-0.3, -0.25) is 0 Å². The Labute approximate surface area is 94.5 Å². The van der Waals surface area contributed by atoms with E-state index in [9.17, 15) is 0 Å². The van der Waals surface area contributed by atoms with Crippen LogP contribution in [0.5, 0.6) is 0 Å². The SMILES string of the molecule is [B]N1CCCC1CCSc1nccs1. The highest BCUT2D eigenvalue weighted by Crippen LogP contribution is 2.24. The minimum Gasteiger partial charge on any atom is -0.351 e. The topological polar surface area (TPSA) is 16.1 Å². The first-order valence-corrected chi connectivity index (χ1v) is 6.76. The normalized spacial score (nSPS) is 23.0. The van der Waals surface area contributed by atoms with Crippen molar-refractivity contribution in [2.24, 2.45) is 0 Å². The molecular formula is C9H13BN2S2. The summed E-state index contributed by atoms with van der Waals surface area (Å²) in [5, 5.41) is 2.02. The monoisotopic (exact) mass is 224 g/mol. The van der Waals surface area contributed by atoms with Gasteiger partial charge in [-0.2, -0.15) is 0 Å². The van der Waals surface area contributed by atoms with Gasteiger partial charge < -0.3 is 4.81 Å². The smallest absolute Gasteiger partial charge is 0.182 e. The van der Waals surface area contributed by atoms with E-state index in [-0.39, 0.29) is 0 Å². The van der Waals surface area contributed by atoms with Gasteiger partial charge in [0.05, 0.1) is 0 Å². The molecule has 1 aliphatic rings. The second-order valence-corrected chi connectivity index (χ2v) is 5.71. The third-order valence-electron chi connectivity index (χ3n) is 2.51. The Bertz CT molecular complexity index is 266. The highest BCUT2D eigenvalue weighted by molar-refractivity contribution is 8.00. The zero-order valence-electron chi connectivity index (χ0n) is 8.06. The van der Waals surface area contributed by atoms with Crippen LogP contribution in [-0.4, -0.2) is 36.1 Å². The van der Waals surface area contributed by atoms with Crippen molar-refractivity contribution in [3.63, 3.8) is 0 Å². The standard InChI is InChI=1S/C9H13BN2S2/c10-12-5-1-2-8(12)3-6-13-9-11-4-7-14-9/h4,7-8H,1-3,5-6H2. The van der Waals surface area contributed by atoms with Crippen molar-refractivity contribution in [3.8, 4) is 0 Å². The molecule has 0 aromatic carbocycles. The van der Waals surface area contributed by atoms with Crippen molar-refractivity contribution < 1.29 is 0 Å². The molecule has 0 N–H and O–H groups in total. The largest absolute Gasteiger partial charge is 0.351 e. The van der Waals surface area contributed by atoms with E-state index in [1.54, 1.807) is 11.3 Å². The van der Waals surface area contributed by atoms with Gasteiger partial charge in [-0.05, 0) is 31.8 Å². The molecule has 2 heterocycles. The Morgan fingerprint density at radius 1 is 1.71 bits per heavy atom. The minimum atomic E-state index is 0.600. The van der Waals surface area contributed by atoms with Crippen molar-refractivity contribution in [3.05, 3.63) is 11.6 Å². The maximum atomic E-state index is 5.85. The van der Waals surface area contributed by atoms with E-state index in [1.807, 2.05) is 28.1 Å². The number of thiazole rings is 1. The number of thioether (sulfide) groups is 1. The first-order chi connectivity index (χ1) is 6.86. The third-order valence-corrected chi connectivity index (χ3v) is 4.51. The maximum Gasteiger partial charge on any atom is 0.182 e. The molecule has 0 saturated carbocycles. The Morgan fingerprint density at radius 2 is 2.64 bits per heavy atom. The molecule has 2 radical (unpaired) electrons. The van der Waals surface area contributed by atoms with Gasteiger partial charge in [-0.1, -0.05) is 11.8 Å². The first kappa shape index (κ1) is 10.5. The minimum absolute atomic E-state index is 0.600. The molecule has 0 amide bonds. The highest BCUT2D eigenvalue weighted by atomic mass is 32.2. The summed E-state index contributed by atoms with van der Waals surface area (Å²) in [7, 11) is 5.85. The Balaban J connectivity index is 1.68. The molecule has 74 valence electrons. The zero-order valence-corrected chi connectivity index (χ0v) is 9.69. The molecule has 0 bridgehead atoms. The number of hydrogen-bond donors (Lipinski definition) is 0. The molecule has 2 rings (SSSR count). The molecule has 0 spiro atoms. The van der Waals surface area contributed by atoms with Gasteiger partial charge in [-0.25, -0.2) is 4.98 Å². The summed E-state index contributed by atoms with van der Waals surface area (Å²) in [6, 6.07) is 0.600. The Hall–Kier alpha value is 0.00494. The van der Waals surface area contributed by atoms with Crippen LogP contribution in [0.25, 0.3) is 0 Å². The number of hydrogen-bond acceptors (Lipinski definition) is 4. The first-order valence-electron chi connectivity index (χ1n) is 4.90. The molecule has 1 atom stereocenters. The van der Waals surface area contributed by atoms with E-state index in [0.29, 0.717) is 6.04 Å². The van der Waals surface area contributed by atoms with E-state index in [1.165, 1.54) is 23.6 Å². The van der Waals surface area contributed by atoms with Gasteiger partial charge in [0.25, 0.3) is 0 Å². The third kappa shape index (κ3) is 2.75. The Morgan fingerprint density at radius 3 is 3.29 bits per heavy atom. The van der Waals surface area contributed by atoms with Crippen LogP contribution in [0.15, 0.2) is 15.9 Å². The molecule has 2 nitrogen and oxygen atoms in total. The molecule has 5 heteroatoms. The van der Waals surface area contributed by atoms with Crippen molar-refractivity contribution in [1.29, 1.82) is 0 Å². The summed E-state index contributed by atoms with van der Waals surface area (Å²) in [6.45, 7) is 1.06. The van der Waals surface area contributed by atoms with Gasteiger partial charge in [0.2, 0.25) is 0 Å². The lowest BCUT2D eigenvalue weighted by atomic mass is 10.1. The second kappa shape index (κ2) is 5.19. The molecule has 14 heavy (non-hydrogen) atoms. The lowest BCUT2D eigenvalue weighted by Crippen LogP contribution is -2.26. The molecule has 1 aliphatic heterocycles. The van der Waals surface area contributed by atoms with Crippen LogP contribution in [0.3, 0.4) is 0 Å². The summed E-state index contributed by atoms with van der Waals surface area (Å²) in [4.78, 5) is 6.22. The number of aromatic nitrogens is 1. The van der Waals surface area contributed by atoms with Gasteiger partial charge in [0.1, 0.15) is 4.34 Å². The Kier molecular flexibility index (Phi) is 3.90. The van der Waals surface area contributed by atoms with Gasteiger partial charge in [-0.15, -0.1) is 11.3 Å². The van der Waals surface area contributed by atoms with Crippen molar-refractivity contribution in [2.75, 3.05) is 12.3 Å². The number of nitrogens with zero attached hydrogens (tertiary/aromatic N) is 2. The van der Waals surface area contributed by atoms with E-state index >= 15 is 0 Å². The zero-order chi connectivity index (χ0) is 9.80. The van der Waals surface area contributed by atoms with Crippen LogP contribution >= 0.6 is 23.1 Å². The van der Waals surface area contributed by atoms with Crippen molar-refractivity contribution in [2.45, 2.75) is 29.6 Å². The highest BCUT2D eigenvalue weighted by Gasteiger charge is 2.19. The van der Waals surface area contributed by atoms with E-state index < -0.39 is 0 Å². The lowest BCUT2D eigenvalue weighted by molar-refractivity contribution is 0.412.